The average Bonchev–Trinajstić information content (AvgIpc) is 2.30. The van der Waals surface area contributed by atoms with Crippen LogP contribution in [0.25, 0.3) is 0 Å². The highest BCUT2D eigenvalue weighted by Gasteiger charge is 2.23. The van der Waals surface area contributed by atoms with E-state index >= 15 is 0 Å². The summed E-state index contributed by atoms with van der Waals surface area (Å²) in [4.78, 5) is 0. The smallest absolute Gasteiger partial charge is 0.216 e. The van der Waals surface area contributed by atoms with Gasteiger partial charge in [0.2, 0.25) is 10.0 Å². The van der Waals surface area contributed by atoms with E-state index in [2.05, 4.69) is 4.72 Å². The van der Waals surface area contributed by atoms with Crippen molar-refractivity contribution >= 4 is 21.6 Å². The van der Waals surface area contributed by atoms with Gasteiger partial charge >= 0.3 is 0 Å². The molecule has 0 bridgehead atoms. The maximum absolute atomic E-state index is 13.1. The normalized spacial score (nSPS) is 14.2. The highest BCUT2D eigenvalue weighted by atomic mass is 35.5. The quantitative estimate of drug-likeness (QED) is 0.838. The number of aliphatic hydroxyl groups is 1. The van der Waals surface area contributed by atoms with Crippen LogP contribution in [0.15, 0.2) is 18.2 Å². The van der Waals surface area contributed by atoms with Crippen LogP contribution < -0.4 is 4.72 Å². The van der Waals surface area contributed by atoms with E-state index in [0.717, 1.165) is 6.07 Å². The summed E-state index contributed by atoms with van der Waals surface area (Å²) >= 11 is 5.63. The van der Waals surface area contributed by atoms with Crippen molar-refractivity contribution in [1.29, 1.82) is 0 Å². The Labute approximate surface area is 130 Å². The Morgan fingerprint density at radius 1 is 1.38 bits per heavy atom. The summed E-state index contributed by atoms with van der Waals surface area (Å²) in [6.45, 7) is 5.61. The number of aliphatic hydroxyl groups excluding tert-OH is 1. The van der Waals surface area contributed by atoms with E-state index in [-0.39, 0.29) is 22.8 Å². The fourth-order valence-electron chi connectivity index (χ4n) is 2.03. The first-order chi connectivity index (χ1) is 9.52. The first-order valence-electron chi connectivity index (χ1n) is 6.57. The van der Waals surface area contributed by atoms with Crippen LogP contribution in [-0.4, -0.2) is 26.2 Å². The topological polar surface area (TPSA) is 66.4 Å². The summed E-state index contributed by atoms with van der Waals surface area (Å²) < 4.78 is 39.7. The van der Waals surface area contributed by atoms with E-state index in [1.165, 1.54) is 12.1 Å². The van der Waals surface area contributed by atoms with Crippen molar-refractivity contribution in [3.63, 3.8) is 0 Å². The first-order valence-corrected chi connectivity index (χ1v) is 8.60. The molecule has 2 N–H and O–H groups in total. The molecule has 0 spiro atoms. The lowest BCUT2D eigenvalue weighted by atomic mass is 9.89. The lowest BCUT2D eigenvalue weighted by Gasteiger charge is -2.25. The molecule has 0 aromatic heterocycles. The van der Waals surface area contributed by atoms with E-state index in [0.29, 0.717) is 12.0 Å². The molecule has 1 aromatic carbocycles. The molecule has 0 heterocycles. The van der Waals surface area contributed by atoms with Crippen molar-refractivity contribution in [1.82, 2.24) is 4.72 Å². The number of rotatable bonds is 6. The minimum Gasteiger partial charge on any atom is -0.395 e. The maximum atomic E-state index is 13.1. The van der Waals surface area contributed by atoms with Gasteiger partial charge in [0.25, 0.3) is 0 Å². The van der Waals surface area contributed by atoms with Gasteiger partial charge < -0.3 is 5.11 Å². The number of hydrogen-bond donors (Lipinski definition) is 2. The summed E-state index contributed by atoms with van der Waals surface area (Å²) in [7, 11) is -3.64. The Morgan fingerprint density at radius 3 is 2.48 bits per heavy atom. The number of sulfonamides is 1. The molecule has 0 radical (unpaired) electrons. The fourth-order valence-corrected chi connectivity index (χ4v) is 3.60. The molecule has 7 heteroatoms. The lowest BCUT2D eigenvalue weighted by molar-refractivity contribution is 0.214. The average molecular weight is 338 g/mol. The van der Waals surface area contributed by atoms with Crippen molar-refractivity contribution in [2.24, 2.45) is 5.41 Å². The fraction of sp³-hybridized carbons (Fsp3) is 0.571. The van der Waals surface area contributed by atoms with E-state index in [4.69, 9.17) is 11.6 Å². The van der Waals surface area contributed by atoms with Crippen LogP contribution in [0.5, 0.6) is 0 Å². The molecular weight excluding hydrogens is 317 g/mol. The summed E-state index contributed by atoms with van der Waals surface area (Å²) in [6, 6.07) is 3.24. The van der Waals surface area contributed by atoms with Crippen LogP contribution in [0.4, 0.5) is 4.39 Å². The van der Waals surface area contributed by atoms with Crippen LogP contribution in [0, 0.1) is 11.2 Å². The largest absolute Gasteiger partial charge is 0.395 e. The van der Waals surface area contributed by atoms with Crippen LogP contribution in [0.2, 0.25) is 5.02 Å². The van der Waals surface area contributed by atoms with Crippen LogP contribution >= 0.6 is 11.6 Å². The Morgan fingerprint density at radius 2 is 2.00 bits per heavy atom. The molecule has 0 aliphatic heterocycles. The Hall–Kier alpha value is -0.690. The molecule has 1 aromatic rings. The lowest BCUT2D eigenvalue weighted by Crippen LogP contribution is -2.40. The van der Waals surface area contributed by atoms with Gasteiger partial charge in [-0.2, -0.15) is 0 Å². The number of nitrogens with one attached hydrogen (secondary N) is 1. The zero-order chi connectivity index (χ0) is 16.3. The molecule has 0 aliphatic carbocycles. The van der Waals surface area contributed by atoms with Gasteiger partial charge in [-0.3, -0.25) is 0 Å². The third kappa shape index (κ3) is 6.74. The van der Waals surface area contributed by atoms with Crippen molar-refractivity contribution in [3.8, 4) is 0 Å². The Kier molecular flexibility index (Phi) is 6.16. The van der Waals surface area contributed by atoms with Crippen LogP contribution in [0.3, 0.4) is 0 Å². The molecule has 0 saturated carbocycles. The summed E-state index contributed by atoms with van der Waals surface area (Å²) in [5, 5.41) is 9.19. The van der Waals surface area contributed by atoms with E-state index in [1.807, 2.05) is 20.8 Å². The molecule has 1 atom stereocenters. The molecule has 4 nitrogen and oxygen atoms in total. The van der Waals surface area contributed by atoms with Crippen molar-refractivity contribution in [2.45, 2.75) is 39.0 Å². The van der Waals surface area contributed by atoms with Gasteiger partial charge in [-0.1, -0.05) is 38.4 Å². The van der Waals surface area contributed by atoms with Gasteiger partial charge in [-0.15, -0.1) is 0 Å². The highest BCUT2D eigenvalue weighted by molar-refractivity contribution is 7.88. The van der Waals surface area contributed by atoms with Gasteiger partial charge in [0, 0.05) is 6.04 Å². The predicted molar refractivity (Wildman–Crippen MR) is 82.1 cm³/mol. The molecule has 0 aliphatic rings. The van der Waals surface area contributed by atoms with E-state index in [9.17, 15) is 17.9 Å². The summed E-state index contributed by atoms with van der Waals surface area (Å²) in [6.07, 6.45) is 0.507. The molecule has 1 rings (SSSR count). The highest BCUT2D eigenvalue weighted by Crippen LogP contribution is 2.22. The molecule has 21 heavy (non-hydrogen) atoms. The second-order valence-electron chi connectivity index (χ2n) is 6.27. The Balaban J connectivity index is 2.78. The van der Waals surface area contributed by atoms with E-state index in [1.54, 1.807) is 0 Å². The Bertz CT molecular complexity index is 584. The maximum Gasteiger partial charge on any atom is 0.216 e. The van der Waals surface area contributed by atoms with Gasteiger partial charge in [-0.25, -0.2) is 17.5 Å². The van der Waals surface area contributed by atoms with Crippen molar-refractivity contribution in [2.75, 3.05) is 6.61 Å². The molecule has 1 unspecified atom stereocenters. The minimum atomic E-state index is -3.64. The first kappa shape index (κ1) is 18.4. The zero-order valence-corrected chi connectivity index (χ0v) is 13.9. The van der Waals surface area contributed by atoms with Gasteiger partial charge in [0.15, 0.2) is 0 Å². The molecular formula is C14H21ClFNO3S. The molecule has 120 valence electrons. The number of benzene rings is 1. The molecule has 0 amide bonds. The second-order valence-corrected chi connectivity index (χ2v) is 8.43. The molecule has 0 saturated heterocycles. The number of halogens is 2. The summed E-state index contributed by atoms with van der Waals surface area (Å²) in [5.41, 5.74) is 0.274. The van der Waals surface area contributed by atoms with Gasteiger partial charge in [-0.05, 0) is 29.5 Å². The second kappa shape index (κ2) is 7.05. The SMILES string of the molecule is CC(C)(C)CC(CO)NS(=O)(=O)Cc1ccc(F)c(Cl)c1. The third-order valence-corrected chi connectivity index (χ3v) is 4.46. The standard InChI is InChI=1S/C14H21ClFNO3S/c1-14(2,3)7-11(8-18)17-21(19,20)9-10-4-5-13(16)12(15)6-10/h4-6,11,17-18H,7-9H2,1-3H3. The minimum absolute atomic E-state index is 0.115. The number of hydrogen-bond acceptors (Lipinski definition) is 3. The van der Waals surface area contributed by atoms with Crippen molar-refractivity contribution in [3.05, 3.63) is 34.6 Å². The van der Waals surface area contributed by atoms with E-state index < -0.39 is 21.9 Å². The van der Waals surface area contributed by atoms with Gasteiger partial charge in [0.05, 0.1) is 17.4 Å². The van der Waals surface area contributed by atoms with Crippen LogP contribution in [0.1, 0.15) is 32.8 Å². The summed E-state index contributed by atoms with van der Waals surface area (Å²) in [5.74, 6) is -0.903. The monoisotopic (exact) mass is 337 g/mol. The third-order valence-electron chi connectivity index (χ3n) is 2.77. The zero-order valence-electron chi connectivity index (χ0n) is 12.4. The van der Waals surface area contributed by atoms with Gasteiger partial charge in [0.1, 0.15) is 5.82 Å². The predicted octanol–water partition coefficient (Wildman–Crippen LogP) is 2.70. The van der Waals surface area contributed by atoms with Crippen molar-refractivity contribution < 1.29 is 17.9 Å². The van der Waals surface area contributed by atoms with Crippen LogP contribution in [-0.2, 0) is 15.8 Å². The molecule has 0 fully saturated rings.